The number of nitrogens with one attached hydrogen (secondary N) is 3. The third-order valence-corrected chi connectivity index (χ3v) is 4.07. The number of amides is 1. The molecule has 2 rings (SSSR count). The first-order valence-electron chi connectivity index (χ1n) is 9.58. The molecule has 4 N–H and O–H groups in total. The van der Waals surface area contributed by atoms with Crippen LogP contribution in [-0.4, -0.2) is 73.3 Å². The van der Waals surface area contributed by atoms with Crippen molar-refractivity contribution in [3.8, 4) is 5.75 Å². The lowest BCUT2D eigenvalue weighted by Gasteiger charge is -2.14. The minimum atomic E-state index is -0.919. The highest BCUT2D eigenvalue weighted by Crippen LogP contribution is 2.28. The minimum absolute atomic E-state index is 0.0472. The van der Waals surface area contributed by atoms with Crippen LogP contribution in [-0.2, 0) is 14.4 Å². The lowest BCUT2D eigenvalue weighted by atomic mass is 10.1. The van der Waals surface area contributed by atoms with Gasteiger partial charge in [-0.1, -0.05) is 0 Å². The molecular formula is C19H28N4O7. The van der Waals surface area contributed by atoms with Crippen molar-refractivity contribution >= 4 is 16.8 Å². The van der Waals surface area contributed by atoms with E-state index in [1.165, 1.54) is 0 Å². The van der Waals surface area contributed by atoms with Crippen LogP contribution in [0.15, 0.2) is 18.2 Å². The normalized spacial score (nSPS) is 12.0. The maximum Gasteiger partial charge on any atom is 0.294 e. The summed E-state index contributed by atoms with van der Waals surface area (Å²) < 4.78 is 10.7. The Morgan fingerprint density at radius 1 is 1.27 bits per heavy atom. The molecule has 0 spiro atoms. The van der Waals surface area contributed by atoms with Crippen molar-refractivity contribution in [2.75, 3.05) is 46.1 Å². The number of aliphatic hydroxyl groups is 1. The fourth-order valence-electron chi connectivity index (χ4n) is 2.79. The molecule has 11 heteroatoms. The van der Waals surface area contributed by atoms with Crippen molar-refractivity contribution in [2.45, 2.75) is 20.0 Å². The van der Waals surface area contributed by atoms with Gasteiger partial charge in [-0.3, -0.25) is 4.79 Å². The van der Waals surface area contributed by atoms with Crippen LogP contribution in [0, 0.1) is 24.0 Å². The summed E-state index contributed by atoms with van der Waals surface area (Å²) in [5, 5.41) is 25.8. The highest BCUT2D eigenvalue weighted by atomic mass is 17.0. The molecule has 1 aromatic carbocycles. The molecule has 11 nitrogen and oxygen atoms in total. The Hall–Kier alpha value is -2.89. The summed E-state index contributed by atoms with van der Waals surface area (Å²) >= 11 is 0. The summed E-state index contributed by atoms with van der Waals surface area (Å²) in [6, 6.07) is 6.00. The van der Waals surface area contributed by atoms with E-state index < -0.39 is 11.2 Å². The maximum absolute atomic E-state index is 11.5. The van der Waals surface area contributed by atoms with Crippen LogP contribution in [0.2, 0.25) is 0 Å². The molecule has 1 atom stereocenters. The zero-order valence-corrected chi connectivity index (χ0v) is 17.1. The summed E-state index contributed by atoms with van der Waals surface area (Å²) in [5.74, 6) is 0.385. The van der Waals surface area contributed by atoms with Gasteiger partial charge in [-0.15, -0.1) is 10.1 Å². The van der Waals surface area contributed by atoms with Crippen molar-refractivity contribution in [1.82, 2.24) is 15.6 Å². The van der Waals surface area contributed by atoms with Crippen LogP contribution in [0.25, 0.3) is 10.9 Å². The number of benzene rings is 1. The van der Waals surface area contributed by atoms with Gasteiger partial charge in [0.2, 0.25) is 5.91 Å². The fraction of sp³-hybridized carbons (Fsp3) is 0.526. The van der Waals surface area contributed by atoms with Crippen LogP contribution >= 0.6 is 0 Å². The van der Waals surface area contributed by atoms with Gasteiger partial charge >= 0.3 is 0 Å². The maximum atomic E-state index is 11.5. The number of aryl methyl sites for hydroxylation is 2. The molecule has 0 fully saturated rings. The molecule has 0 radical (unpaired) electrons. The second-order valence-electron chi connectivity index (χ2n) is 6.80. The van der Waals surface area contributed by atoms with Crippen molar-refractivity contribution in [2.24, 2.45) is 0 Å². The predicted octanol–water partition coefficient (Wildman–Crippen LogP) is 0.455. The molecule has 0 saturated carbocycles. The largest absolute Gasteiger partial charge is 0.490 e. The van der Waals surface area contributed by atoms with Crippen LogP contribution in [0.3, 0.4) is 0 Å². The topological polar surface area (TPSA) is 148 Å². The molecule has 0 saturated heterocycles. The SMILES string of the molecule is Cc1cc(OCC(O)CNCCNC(=O)COCCO[N+](=O)[O-])c2cc(C)[nH]c2c1. The number of hydrogen-bond acceptors (Lipinski definition) is 8. The Labute approximate surface area is 173 Å². The first-order chi connectivity index (χ1) is 14.3. The van der Waals surface area contributed by atoms with Gasteiger partial charge in [0, 0.05) is 36.2 Å². The number of carbonyl (C=O) groups is 1. The van der Waals surface area contributed by atoms with E-state index in [-0.39, 0.29) is 32.3 Å². The van der Waals surface area contributed by atoms with Gasteiger partial charge in [-0.25, -0.2) is 0 Å². The third-order valence-electron chi connectivity index (χ3n) is 4.07. The molecule has 1 heterocycles. The van der Waals surface area contributed by atoms with Gasteiger partial charge in [0.25, 0.3) is 5.09 Å². The summed E-state index contributed by atoms with van der Waals surface area (Å²) in [5.41, 5.74) is 3.11. The van der Waals surface area contributed by atoms with E-state index in [4.69, 9.17) is 9.47 Å². The van der Waals surface area contributed by atoms with Gasteiger partial charge in [0.1, 0.15) is 31.7 Å². The van der Waals surface area contributed by atoms with Gasteiger partial charge < -0.3 is 35.0 Å². The Balaban J connectivity index is 1.57. The fourth-order valence-corrected chi connectivity index (χ4v) is 2.79. The molecular weight excluding hydrogens is 396 g/mol. The van der Waals surface area contributed by atoms with E-state index >= 15 is 0 Å². The second kappa shape index (κ2) is 12.0. The molecule has 166 valence electrons. The smallest absolute Gasteiger partial charge is 0.294 e. The number of aromatic nitrogens is 1. The Morgan fingerprint density at radius 2 is 2.07 bits per heavy atom. The monoisotopic (exact) mass is 424 g/mol. The Morgan fingerprint density at radius 3 is 2.83 bits per heavy atom. The van der Waals surface area contributed by atoms with Crippen LogP contribution in [0.4, 0.5) is 0 Å². The molecule has 30 heavy (non-hydrogen) atoms. The van der Waals surface area contributed by atoms with E-state index in [2.05, 4.69) is 20.5 Å². The van der Waals surface area contributed by atoms with Crippen molar-refractivity contribution in [1.29, 1.82) is 0 Å². The standard InChI is InChI=1S/C19H28N4O7/c1-13-7-17-16(9-14(2)22-17)18(8-13)29-11-15(24)10-20-3-4-21-19(25)12-28-5-6-30-23(26)27/h7-9,15,20,22,24H,3-6,10-12H2,1-2H3,(H,21,25). The molecule has 1 aromatic heterocycles. The number of rotatable bonds is 14. The molecule has 2 aromatic rings. The first-order valence-corrected chi connectivity index (χ1v) is 9.58. The van der Waals surface area contributed by atoms with Crippen molar-refractivity contribution in [3.05, 3.63) is 39.6 Å². The van der Waals surface area contributed by atoms with Gasteiger partial charge in [-0.2, -0.15) is 0 Å². The highest BCUT2D eigenvalue weighted by Gasteiger charge is 2.10. The van der Waals surface area contributed by atoms with E-state index in [0.29, 0.717) is 19.6 Å². The Bertz CT molecular complexity index is 840. The third kappa shape index (κ3) is 8.23. The summed E-state index contributed by atoms with van der Waals surface area (Å²) in [6.45, 7) is 4.75. The molecule has 1 amide bonds. The number of aliphatic hydroxyl groups excluding tert-OH is 1. The van der Waals surface area contributed by atoms with Crippen molar-refractivity contribution in [3.63, 3.8) is 0 Å². The number of H-pyrrole nitrogens is 1. The van der Waals surface area contributed by atoms with Gasteiger partial charge in [-0.05, 0) is 37.6 Å². The van der Waals surface area contributed by atoms with E-state index in [9.17, 15) is 20.0 Å². The molecule has 0 aliphatic heterocycles. The predicted molar refractivity (Wildman–Crippen MR) is 109 cm³/mol. The zero-order valence-electron chi connectivity index (χ0n) is 17.1. The number of fused-ring (bicyclic) bond motifs is 1. The number of hydrogen-bond donors (Lipinski definition) is 4. The van der Waals surface area contributed by atoms with Crippen molar-refractivity contribution < 1.29 is 29.3 Å². The lowest BCUT2D eigenvalue weighted by Crippen LogP contribution is -2.38. The Kier molecular flexibility index (Phi) is 9.32. The van der Waals surface area contributed by atoms with Gasteiger partial charge in [0.15, 0.2) is 0 Å². The van der Waals surface area contributed by atoms with Crippen LogP contribution < -0.4 is 15.4 Å². The quantitative estimate of drug-likeness (QED) is 0.194. The number of ether oxygens (including phenoxy) is 2. The highest BCUT2D eigenvalue weighted by molar-refractivity contribution is 5.87. The van der Waals surface area contributed by atoms with E-state index in [1.54, 1.807) is 0 Å². The molecule has 1 unspecified atom stereocenters. The summed E-state index contributed by atoms with van der Waals surface area (Å²) in [4.78, 5) is 28.8. The molecule has 0 bridgehead atoms. The number of carbonyl (C=O) groups excluding carboxylic acids is 1. The second-order valence-corrected chi connectivity index (χ2v) is 6.80. The summed E-state index contributed by atoms with van der Waals surface area (Å²) in [6.07, 6.45) is -0.707. The molecule has 0 aliphatic carbocycles. The summed E-state index contributed by atoms with van der Waals surface area (Å²) in [7, 11) is 0. The molecule has 0 aliphatic rings. The van der Waals surface area contributed by atoms with E-state index in [0.717, 1.165) is 27.9 Å². The van der Waals surface area contributed by atoms with Gasteiger partial charge in [0.05, 0.1) is 6.61 Å². The van der Waals surface area contributed by atoms with Crippen LogP contribution in [0.5, 0.6) is 5.75 Å². The lowest BCUT2D eigenvalue weighted by molar-refractivity contribution is -0.758. The van der Waals surface area contributed by atoms with E-state index in [1.807, 2.05) is 32.0 Å². The van der Waals surface area contributed by atoms with Crippen LogP contribution in [0.1, 0.15) is 11.3 Å². The minimum Gasteiger partial charge on any atom is -0.490 e. The average Bonchev–Trinajstić information content (AvgIpc) is 3.05. The number of aromatic amines is 1. The zero-order chi connectivity index (χ0) is 21.9. The number of nitrogens with zero attached hydrogens (tertiary/aromatic N) is 1. The first kappa shape index (κ1) is 23.4. The average molecular weight is 424 g/mol.